The van der Waals surface area contributed by atoms with E-state index in [1.165, 1.54) is 0 Å². The predicted molar refractivity (Wildman–Crippen MR) is 113 cm³/mol. The summed E-state index contributed by atoms with van der Waals surface area (Å²) in [5.41, 5.74) is 1.80. The van der Waals surface area contributed by atoms with Gasteiger partial charge in [0, 0.05) is 41.6 Å². The average Bonchev–Trinajstić information content (AvgIpc) is 3.37. The van der Waals surface area contributed by atoms with Gasteiger partial charge >= 0.3 is 0 Å². The number of rotatable bonds is 4. The van der Waals surface area contributed by atoms with Crippen molar-refractivity contribution in [2.24, 2.45) is 0 Å². The molecule has 0 N–H and O–H groups in total. The van der Waals surface area contributed by atoms with E-state index in [9.17, 15) is 0 Å². The third-order valence-corrected chi connectivity index (χ3v) is 5.55. The van der Waals surface area contributed by atoms with E-state index in [1.54, 1.807) is 12.4 Å². The number of hydrogen-bond donors (Lipinski definition) is 0. The molecule has 4 aromatic rings. The van der Waals surface area contributed by atoms with Gasteiger partial charge in [-0.05, 0) is 50.1 Å². The third-order valence-electron chi connectivity index (χ3n) is 5.31. The highest BCUT2D eigenvalue weighted by atomic mass is 35.5. The highest BCUT2D eigenvalue weighted by molar-refractivity contribution is 6.30. The van der Waals surface area contributed by atoms with E-state index in [2.05, 4.69) is 41.7 Å². The highest BCUT2D eigenvalue weighted by Crippen LogP contribution is 2.31. The first-order chi connectivity index (χ1) is 14.7. The number of pyridine rings is 1. The van der Waals surface area contributed by atoms with Crippen LogP contribution in [-0.2, 0) is 6.54 Å². The lowest BCUT2D eigenvalue weighted by molar-refractivity contribution is 0.415. The van der Waals surface area contributed by atoms with Gasteiger partial charge in [-0.3, -0.25) is 9.55 Å². The molecule has 1 aliphatic rings. The molecule has 0 aliphatic carbocycles. The maximum Gasteiger partial charge on any atom is 0.258 e. The van der Waals surface area contributed by atoms with Crippen LogP contribution in [0.25, 0.3) is 22.8 Å². The first-order valence-electron chi connectivity index (χ1n) is 9.90. The van der Waals surface area contributed by atoms with Crippen molar-refractivity contribution >= 4 is 17.5 Å². The Morgan fingerprint density at radius 2 is 1.87 bits per heavy atom. The Labute approximate surface area is 178 Å². The van der Waals surface area contributed by atoms with Gasteiger partial charge in [-0.2, -0.15) is 4.98 Å². The summed E-state index contributed by atoms with van der Waals surface area (Å²) in [6.45, 7) is 3.77. The van der Waals surface area contributed by atoms with Crippen molar-refractivity contribution in [3.8, 4) is 22.8 Å². The molecule has 8 nitrogen and oxygen atoms in total. The molecule has 5 rings (SSSR count). The maximum absolute atomic E-state index is 6.09. The third kappa shape index (κ3) is 3.43. The Morgan fingerprint density at radius 3 is 2.70 bits per heavy atom. The lowest BCUT2D eigenvalue weighted by Gasteiger charge is -2.26. The highest BCUT2D eigenvalue weighted by Gasteiger charge is 2.28. The Bertz CT molecular complexity index is 1160. The Hall–Kier alpha value is -3.26. The molecule has 1 atom stereocenters. The quantitative estimate of drug-likeness (QED) is 0.482. The summed E-state index contributed by atoms with van der Waals surface area (Å²) in [5.74, 6) is 2.72. The minimum atomic E-state index is -0.118. The largest absolute Gasteiger partial charge is 0.334 e. The number of hydrogen-bond acceptors (Lipinski definition) is 7. The van der Waals surface area contributed by atoms with Gasteiger partial charge in [-0.15, -0.1) is 10.2 Å². The number of halogens is 1. The van der Waals surface area contributed by atoms with Gasteiger partial charge in [0.15, 0.2) is 11.6 Å². The second-order valence-corrected chi connectivity index (χ2v) is 7.69. The van der Waals surface area contributed by atoms with Crippen molar-refractivity contribution in [3.05, 3.63) is 59.6 Å². The number of anilines is 1. The van der Waals surface area contributed by atoms with Crippen LogP contribution in [0.4, 0.5) is 5.95 Å². The summed E-state index contributed by atoms with van der Waals surface area (Å²) in [5, 5.41) is 13.8. The summed E-state index contributed by atoms with van der Waals surface area (Å²) >= 11 is 6.09. The average molecular weight is 422 g/mol. The Kier molecular flexibility index (Phi) is 4.92. The molecular weight excluding hydrogens is 402 g/mol. The minimum Gasteiger partial charge on any atom is -0.334 e. The van der Waals surface area contributed by atoms with E-state index in [0.717, 1.165) is 48.8 Å². The molecule has 1 aliphatic heterocycles. The standard InChI is InChI=1S/C21H20ClN7O/c1-14(18-24-20(30-27-18)16-5-4-6-17(22)13-16)28-11-2-3-12-29-19(25-26-21(28)29)15-7-9-23-10-8-15/h4-10,13-14H,2-3,11-12H2,1H3. The number of benzene rings is 1. The molecule has 0 bridgehead atoms. The van der Waals surface area contributed by atoms with Crippen LogP contribution in [0.1, 0.15) is 31.6 Å². The monoisotopic (exact) mass is 421 g/mol. The van der Waals surface area contributed by atoms with Crippen molar-refractivity contribution in [2.75, 3.05) is 11.4 Å². The van der Waals surface area contributed by atoms with Gasteiger partial charge in [0.05, 0.1) is 6.04 Å². The molecule has 0 saturated carbocycles. The molecule has 30 heavy (non-hydrogen) atoms. The van der Waals surface area contributed by atoms with Crippen LogP contribution in [0.15, 0.2) is 53.3 Å². The SMILES string of the molecule is CC(c1noc(-c2cccc(Cl)c2)n1)N1CCCCn2c(-c3ccncc3)nnc21. The second-order valence-electron chi connectivity index (χ2n) is 7.26. The van der Waals surface area contributed by atoms with Crippen molar-refractivity contribution in [3.63, 3.8) is 0 Å². The zero-order chi connectivity index (χ0) is 20.5. The molecule has 9 heteroatoms. The van der Waals surface area contributed by atoms with Crippen molar-refractivity contribution in [1.29, 1.82) is 0 Å². The summed E-state index contributed by atoms with van der Waals surface area (Å²) in [6, 6.07) is 11.2. The van der Waals surface area contributed by atoms with E-state index in [1.807, 2.05) is 36.4 Å². The van der Waals surface area contributed by atoms with Crippen LogP contribution in [0, 0.1) is 0 Å². The first kappa shape index (κ1) is 18.7. The normalized spacial score (nSPS) is 14.9. The fourth-order valence-corrected chi connectivity index (χ4v) is 3.92. The summed E-state index contributed by atoms with van der Waals surface area (Å²) < 4.78 is 7.68. The summed E-state index contributed by atoms with van der Waals surface area (Å²) in [7, 11) is 0. The molecule has 0 spiro atoms. The van der Waals surface area contributed by atoms with E-state index in [-0.39, 0.29) is 6.04 Å². The molecule has 152 valence electrons. The topological polar surface area (TPSA) is 85.8 Å². The number of fused-ring (bicyclic) bond motifs is 1. The van der Waals surface area contributed by atoms with Gasteiger partial charge in [-0.25, -0.2) is 0 Å². The zero-order valence-corrected chi connectivity index (χ0v) is 17.2. The smallest absolute Gasteiger partial charge is 0.258 e. The van der Waals surface area contributed by atoms with Gasteiger partial charge in [0.1, 0.15) is 0 Å². The van der Waals surface area contributed by atoms with Gasteiger partial charge in [0.25, 0.3) is 5.89 Å². The van der Waals surface area contributed by atoms with Crippen LogP contribution in [0.2, 0.25) is 5.02 Å². The van der Waals surface area contributed by atoms with Crippen LogP contribution < -0.4 is 4.90 Å². The van der Waals surface area contributed by atoms with Gasteiger partial charge < -0.3 is 9.42 Å². The van der Waals surface area contributed by atoms with E-state index in [4.69, 9.17) is 16.1 Å². The number of aromatic nitrogens is 6. The molecule has 0 radical (unpaired) electrons. The van der Waals surface area contributed by atoms with Gasteiger partial charge in [0.2, 0.25) is 5.95 Å². The fourth-order valence-electron chi connectivity index (χ4n) is 3.73. The van der Waals surface area contributed by atoms with E-state index < -0.39 is 0 Å². The lowest BCUT2D eigenvalue weighted by Crippen LogP contribution is -2.29. The molecule has 1 unspecified atom stereocenters. The van der Waals surface area contributed by atoms with E-state index in [0.29, 0.717) is 16.7 Å². The first-order valence-corrected chi connectivity index (χ1v) is 10.3. The molecule has 0 saturated heterocycles. The van der Waals surface area contributed by atoms with Crippen LogP contribution >= 0.6 is 11.6 Å². The second kappa shape index (κ2) is 7.87. The van der Waals surface area contributed by atoms with Gasteiger partial charge in [-0.1, -0.05) is 22.8 Å². The van der Waals surface area contributed by atoms with E-state index >= 15 is 0 Å². The van der Waals surface area contributed by atoms with Crippen LogP contribution in [0.5, 0.6) is 0 Å². The number of nitrogens with zero attached hydrogens (tertiary/aromatic N) is 7. The molecule has 4 heterocycles. The summed E-state index contributed by atoms with van der Waals surface area (Å²) in [6.07, 6.45) is 5.63. The molecule has 0 amide bonds. The molecule has 0 fully saturated rings. The Morgan fingerprint density at radius 1 is 1.03 bits per heavy atom. The maximum atomic E-state index is 6.09. The Balaban J connectivity index is 1.47. The minimum absolute atomic E-state index is 0.118. The van der Waals surface area contributed by atoms with Crippen LogP contribution in [0.3, 0.4) is 0 Å². The van der Waals surface area contributed by atoms with Crippen molar-refractivity contribution in [2.45, 2.75) is 32.4 Å². The van der Waals surface area contributed by atoms with Crippen molar-refractivity contribution in [1.82, 2.24) is 29.9 Å². The predicted octanol–water partition coefficient (Wildman–Crippen LogP) is 4.40. The van der Waals surface area contributed by atoms with Crippen LogP contribution in [-0.4, -0.2) is 36.4 Å². The summed E-state index contributed by atoms with van der Waals surface area (Å²) in [4.78, 5) is 10.9. The lowest BCUT2D eigenvalue weighted by atomic mass is 10.2. The fraction of sp³-hybridized carbons (Fsp3) is 0.286. The molecular formula is C21H20ClN7O. The van der Waals surface area contributed by atoms with Crippen molar-refractivity contribution < 1.29 is 4.52 Å². The molecule has 1 aromatic carbocycles. The molecule has 3 aromatic heterocycles. The zero-order valence-electron chi connectivity index (χ0n) is 16.4.